The number of imidazole rings is 2. The lowest BCUT2D eigenvalue weighted by atomic mass is 9.99. The van der Waals surface area contributed by atoms with Crippen LogP contribution < -0.4 is 10.6 Å². The number of hydrogen-bond acceptors (Lipinski definition) is 8. The highest BCUT2D eigenvalue weighted by molar-refractivity contribution is 5.97. The van der Waals surface area contributed by atoms with Gasteiger partial charge in [0.1, 0.15) is 0 Å². The van der Waals surface area contributed by atoms with Gasteiger partial charge in [-0.15, -0.1) is 0 Å². The van der Waals surface area contributed by atoms with Gasteiger partial charge in [0, 0.05) is 61.8 Å². The first kappa shape index (κ1) is 44.2. The average molecular weight is 827 g/mol. The molecular formula is C42H44F6N6O5. The summed E-state index contributed by atoms with van der Waals surface area (Å²) in [4.78, 5) is 32.0. The van der Waals surface area contributed by atoms with E-state index in [-0.39, 0.29) is 37.6 Å². The SMILES string of the molecule is CCC(=O)c1ccc(-c2cnc3c(NCCC(F)(F)F)cc(CCO)cn23)cc1C.Cc1cc(-c2cnc3c(NCCC(F)(F)F)cc(CCO)cn23)ccc1C(=O)O. The first-order chi connectivity index (χ1) is 27.9. The molecule has 2 aromatic carbocycles. The van der Waals surface area contributed by atoms with Crippen LogP contribution in [0.3, 0.4) is 0 Å². The molecule has 0 radical (unpaired) electrons. The number of aliphatic hydroxyl groups is 2. The van der Waals surface area contributed by atoms with Crippen molar-refractivity contribution in [1.82, 2.24) is 18.8 Å². The summed E-state index contributed by atoms with van der Waals surface area (Å²) < 4.78 is 78.6. The number of nitrogens with zero attached hydrogens (tertiary/aromatic N) is 4. The molecule has 4 aromatic heterocycles. The number of ketones is 1. The summed E-state index contributed by atoms with van der Waals surface area (Å²) >= 11 is 0. The van der Waals surface area contributed by atoms with E-state index in [1.165, 1.54) is 6.07 Å². The number of anilines is 2. The molecule has 0 saturated heterocycles. The molecule has 0 bridgehead atoms. The van der Waals surface area contributed by atoms with E-state index < -0.39 is 31.2 Å². The van der Waals surface area contributed by atoms with Crippen LogP contribution in [0.5, 0.6) is 0 Å². The van der Waals surface area contributed by atoms with Crippen LogP contribution in [0.15, 0.2) is 73.3 Å². The van der Waals surface area contributed by atoms with Gasteiger partial charge in [-0.25, -0.2) is 14.8 Å². The molecule has 59 heavy (non-hydrogen) atoms. The summed E-state index contributed by atoms with van der Waals surface area (Å²) in [5, 5.41) is 33.4. The van der Waals surface area contributed by atoms with E-state index in [0.29, 0.717) is 58.8 Å². The van der Waals surface area contributed by atoms with Crippen molar-refractivity contribution in [2.45, 2.75) is 65.2 Å². The molecule has 17 heteroatoms. The summed E-state index contributed by atoms with van der Waals surface area (Å²) in [5.41, 5.74) is 8.65. The standard InChI is InChI=1S/C22H24F3N3O2.C20H20F3N3O3/c1-3-20(30)17-5-4-16(10-14(17)2)19-12-27-21-18(26-8-7-22(23,24)25)11-15(6-9-29)13-28(19)21;1-12-8-14(2-3-15(12)19(28)29)17-10-25-18-16(24-6-5-20(21,22)23)9-13(4-7-27)11-26(17)18/h4-5,10-13,26,29H,3,6-9H2,1-2H3;2-3,8-11,24,27H,4-7H2,1H3,(H,28,29). The molecule has 6 aromatic rings. The van der Waals surface area contributed by atoms with Crippen molar-refractivity contribution in [3.63, 3.8) is 0 Å². The average Bonchev–Trinajstić information content (AvgIpc) is 3.79. The number of fused-ring (bicyclic) bond motifs is 2. The second kappa shape index (κ2) is 18.8. The Morgan fingerprint density at radius 2 is 1.10 bits per heavy atom. The van der Waals surface area contributed by atoms with Crippen LogP contribution in [0.2, 0.25) is 0 Å². The van der Waals surface area contributed by atoms with Crippen molar-refractivity contribution < 1.29 is 51.3 Å². The van der Waals surface area contributed by atoms with Crippen molar-refractivity contribution in [2.24, 2.45) is 0 Å². The highest BCUT2D eigenvalue weighted by Gasteiger charge is 2.27. The van der Waals surface area contributed by atoms with Crippen molar-refractivity contribution in [2.75, 3.05) is 36.9 Å². The summed E-state index contributed by atoms with van der Waals surface area (Å²) in [7, 11) is 0. The number of nitrogens with one attached hydrogen (secondary N) is 2. The largest absolute Gasteiger partial charge is 0.478 e. The summed E-state index contributed by atoms with van der Waals surface area (Å²) in [6.07, 6.45) is -2.50. The van der Waals surface area contributed by atoms with E-state index in [0.717, 1.165) is 33.5 Å². The molecule has 0 fully saturated rings. The zero-order valence-electron chi connectivity index (χ0n) is 32.5. The number of aryl methyl sites for hydroxylation is 2. The normalized spacial score (nSPS) is 11.8. The Balaban J connectivity index is 0.000000224. The van der Waals surface area contributed by atoms with Crippen molar-refractivity contribution >= 4 is 34.4 Å². The molecule has 11 nitrogen and oxygen atoms in total. The summed E-state index contributed by atoms with van der Waals surface area (Å²) in [5.74, 6) is -0.952. The third-order valence-corrected chi connectivity index (χ3v) is 9.47. The smallest absolute Gasteiger partial charge is 0.390 e. The molecule has 5 N–H and O–H groups in total. The van der Waals surface area contributed by atoms with Gasteiger partial charge in [-0.3, -0.25) is 13.6 Å². The zero-order chi connectivity index (χ0) is 43.1. The molecule has 0 unspecified atom stereocenters. The number of benzene rings is 2. The van der Waals surface area contributed by atoms with Gasteiger partial charge < -0.3 is 26.0 Å². The predicted octanol–water partition coefficient (Wildman–Crippen LogP) is 8.71. The van der Waals surface area contributed by atoms with Crippen LogP contribution in [0.25, 0.3) is 33.8 Å². The van der Waals surface area contributed by atoms with Crippen LogP contribution in [0, 0.1) is 13.8 Å². The number of pyridine rings is 2. The minimum atomic E-state index is -4.27. The molecular weight excluding hydrogens is 782 g/mol. The van der Waals surface area contributed by atoms with Crippen LogP contribution in [-0.4, -0.2) is 84.5 Å². The minimum absolute atomic E-state index is 0.0681. The second-order valence-corrected chi connectivity index (χ2v) is 13.9. The van der Waals surface area contributed by atoms with Gasteiger partial charge >= 0.3 is 18.3 Å². The van der Waals surface area contributed by atoms with Gasteiger partial charge in [0.05, 0.1) is 53.6 Å². The van der Waals surface area contributed by atoms with Gasteiger partial charge in [0.25, 0.3) is 0 Å². The Bertz CT molecular complexity index is 2440. The maximum atomic E-state index is 12.5. The van der Waals surface area contributed by atoms with E-state index in [2.05, 4.69) is 20.6 Å². The molecule has 6 rings (SSSR count). The number of hydrogen-bond donors (Lipinski definition) is 5. The Labute approximate surface area is 335 Å². The third-order valence-electron chi connectivity index (χ3n) is 9.47. The third kappa shape index (κ3) is 11.2. The number of aliphatic hydroxyl groups excluding tert-OH is 2. The molecule has 0 atom stereocenters. The van der Waals surface area contributed by atoms with Gasteiger partial charge in [-0.1, -0.05) is 25.1 Å². The molecule has 4 heterocycles. The number of rotatable bonds is 15. The fourth-order valence-electron chi connectivity index (χ4n) is 6.57. The van der Waals surface area contributed by atoms with Crippen LogP contribution in [0.4, 0.5) is 37.7 Å². The van der Waals surface area contributed by atoms with Crippen LogP contribution in [-0.2, 0) is 12.8 Å². The van der Waals surface area contributed by atoms with Crippen molar-refractivity contribution in [3.05, 3.63) is 107 Å². The first-order valence-corrected chi connectivity index (χ1v) is 18.7. The number of aromatic carboxylic acids is 1. The Morgan fingerprint density at radius 1 is 0.678 bits per heavy atom. The maximum Gasteiger partial charge on any atom is 0.390 e. The maximum absolute atomic E-state index is 12.5. The lowest BCUT2D eigenvalue weighted by Crippen LogP contribution is -2.15. The lowest BCUT2D eigenvalue weighted by molar-refractivity contribution is -0.132. The van der Waals surface area contributed by atoms with E-state index in [1.54, 1.807) is 64.6 Å². The van der Waals surface area contributed by atoms with E-state index >= 15 is 0 Å². The number of carboxylic acids is 1. The van der Waals surface area contributed by atoms with Crippen molar-refractivity contribution in [1.29, 1.82) is 0 Å². The van der Waals surface area contributed by atoms with Crippen molar-refractivity contribution in [3.8, 4) is 22.5 Å². The molecule has 0 aliphatic heterocycles. The fraction of sp³-hybridized carbons (Fsp3) is 0.333. The Kier molecular flexibility index (Phi) is 14.0. The minimum Gasteiger partial charge on any atom is -0.478 e. The summed E-state index contributed by atoms with van der Waals surface area (Å²) in [6.45, 7) is 4.63. The number of carboxylic acid groups (broad SMARTS) is 1. The number of Topliss-reactive ketones (excluding diaryl/α,β-unsaturated/α-hetero) is 1. The second-order valence-electron chi connectivity index (χ2n) is 13.9. The van der Waals surface area contributed by atoms with Crippen LogP contribution in [0.1, 0.15) is 69.2 Å². The van der Waals surface area contributed by atoms with Gasteiger partial charge in [0.15, 0.2) is 17.1 Å². The number of alkyl halides is 6. The summed E-state index contributed by atoms with van der Waals surface area (Å²) in [6, 6.07) is 13.8. The molecule has 0 aliphatic rings. The van der Waals surface area contributed by atoms with Gasteiger partial charge in [0.2, 0.25) is 0 Å². The fourth-order valence-corrected chi connectivity index (χ4v) is 6.57. The number of carbonyl (C=O) groups is 2. The van der Waals surface area contributed by atoms with E-state index in [1.807, 2.05) is 32.2 Å². The monoisotopic (exact) mass is 826 g/mol. The number of halogens is 6. The van der Waals surface area contributed by atoms with E-state index in [4.69, 9.17) is 0 Å². The number of aromatic nitrogens is 4. The Hall–Kier alpha value is -5.94. The Morgan fingerprint density at radius 3 is 1.46 bits per heavy atom. The van der Waals surface area contributed by atoms with Gasteiger partial charge in [-0.05, 0) is 79.3 Å². The topological polar surface area (TPSA) is 153 Å². The lowest BCUT2D eigenvalue weighted by Gasteiger charge is -2.13. The molecule has 0 amide bonds. The highest BCUT2D eigenvalue weighted by atomic mass is 19.4. The van der Waals surface area contributed by atoms with Gasteiger partial charge in [-0.2, -0.15) is 26.3 Å². The molecule has 0 aliphatic carbocycles. The molecule has 0 spiro atoms. The van der Waals surface area contributed by atoms with Crippen LogP contribution >= 0.6 is 0 Å². The number of carbonyl (C=O) groups excluding carboxylic acids is 1. The molecule has 0 saturated carbocycles. The first-order valence-electron chi connectivity index (χ1n) is 18.7. The predicted molar refractivity (Wildman–Crippen MR) is 212 cm³/mol. The molecule has 314 valence electrons. The highest BCUT2D eigenvalue weighted by Crippen LogP contribution is 2.31. The quantitative estimate of drug-likeness (QED) is 0.0506. The van der Waals surface area contributed by atoms with E-state index in [9.17, 15) is 51.3 Å². The zero-order valence-corrected chi connectivity index (χ0v) is 32.5.